The molecule has 0 radical (unpaired) electrons. The van der Waals surface area contributed by atoms with Crippen LogP contribution in [0.2, 0.25) is 0 Å². The molecule has 0 aliphatic carbocycles. The van der Waals surface area contributed by atoms with Gasteiger partial charge in [0.2, 0.25) is 5.88 Å². The van der Waals surface area contributed by atoms with Crippen molar-refractivity contribution in [3.63, 3.8) is 0 Å². The van der Waals surface area contributed by atoms with Crippen molar-refractivity contribution in [2.45, 2.75) is 32.8 Å². The van der Waals surface area contributed by atoms with Crippen LogP contribution in [-0.2, 0) is 11.3 Å². The van der Waals surface area contributed by atoms with E-state index in [4.69, 9.17) is 14.5 Å². The largest absolute Gasteiger partial charge is 0.473 e. The predicted octanol–water partition coefficient (Wildman–Crippen LogP) is 4.70. The molecule has 1 aromatic heterocycles. The highest BCUT2D eigenvalue weighted by Crippen LogP contribution is 2.23. The number of methoxy groups -OCH3 is 1. The molecule has 1 aromatic carbocycles. The molecule has 4 heteroatoms. The van der Waals surface area contributed by atoms with Crippen LogP contribution in [0.3, 0.4) is 0 Å². The zero-order valence-electron chi connectivity index (χ0n) is 15.8. The molecule has 2 heterocycles. The Kier molecular flexibility index (Phi) is 6.67. The van der Waals surface area contributed by atoms with Gasteiger partial charge in [-0.05, 0) is 49.0 Å². The second kappa shape index (κ2) is 9.39. The molecule has 0 saturated carbocycles. The van der Waals surface area contributed by atoms with E-state index in [2.05, 4.69) is 29.2 Å². The molecule has 1 aliphatic rings. The maximum atomic E-state index is 6.03. The van der Waals surface area contributed by atoms with Crippen molar-refractivity contribution in [1.82, 2.24) is 4.98 Å². The number of hydrogen-bond acceptors (Lipinski definition) is 4. The van der Waals surface area contributed by atoms with E-state index in [1.165, 1.54) is 30.4 Å². The fraction of sp³-hybridized carbons (Fsp3) is 0.409. The number of anilines is 1. The summed E-state index contributed by atoms with van der Waals surface area (Å²) in [6.07, 6.45) is 5.90. The van der Waals surface area contributed by atoms with Gasteiger partial charge in [0.05, 0.1) is 6.61 Å². The summed E-state index contributed by atoms with van der Waals surface area (Å²) in [7, 11) is 1.72. The standard InChI is InChI=1S/C22H28N2O2/c1-3-18(16-25-2)20-11-6-5-10-19(20)17-26-22-13-9-12-21(23-22)24-14-7-4-8-15-24/h3,5-6,9-13H,4,7-8,14-17H2,1-2H3/b18-3-. The van der Waals surface area contributed by atoms with E-state index in [0.717, 1.165) is 24.5 Å². The van der Waals surface area contributed by atoms with Gasteiger partial charge in [-0.25, -0.2) is 0 Å². The first-order chi connectivity index (χ1) is 12.8. The molecule has 0 bridgehead atoms. The third-order valence-electron chi connectivity index (χ3n) is 4.78. The van der Waals surface area contributed by atoms with Crippen LogP contribution in [0.4, 0.5) is 5.82 Å². The minimum Gasteiger partial charge on any atom is -0.473 e. The number of hydrogen-bond donors (Lipinski definition) is 0. The molecule has 0 atom stereocenters. The van der Waals surface area contributed by atoms with Gasteiger partial charge in [-0.2, -0.15) is 4.98 Å². The van der Waals surface area contributed by atoms with Crippen molar-refractivity contribution in [1.29, 1.82) is 0 Å². The summed E-state index contributed by atoms with van der Waals surface area (Å²) < 4.78 is 11.4. The highest BCUT2D eigenvalue weighted by molar-refractivity contribution is 5.68. The van der Waals surface area contributed by atoms with E-state index in [1.807, 2.05) is 31.2 Å². The zero-order chi connectivity index (χ0) is 18.2. The number of piperidine rings is 1. The molecule has 0 N–H and O–H groups in total. The number of nitrogens with zero attached hydrogens (tertiary/aromatic N) is 2. The Bertz CT molecular complexity index is 736. The average molecular weight is 352 g/mol. The van der Waals surface area contributed by atoms with Crippen molar-refractivity contribution in [2.24, 2.45) is 0 Å². The summed E-state index contributed by atoms with van der Waals surface area (Å²) in [6.45, 7) is 5.29. The normalized spacial score (nSPS) is 15.2. The van der Waals surface area contributed by atoms with E-state index in [0.29, 0.717) is 19.1 Å². The first kappa shape index (κ1) is 18.5. The topological polar surface area (TPSA) is 34.6 Å². The van der Waals surface area contributed by atoms with Crippen LogP contribution in [0.15, 0.2) is 48.5 Å². The Labute approximate surface area is 156 Å². The molecule has 0 spiro atoms. The minimum atomic E-state index is 0.494. The summed E-state index contributed by atoms with van der Waals surface area (Å²) in [5, 5.41) is 0. The SMILES string of the molecule is C/C=C(/COC)c1ccccc1COc1cccc(N2CCCCC2)n1. The van der Waals surface area contributed by atoms with Crippen molar-refractivity contribution >= 4 is 11.4 Å². The summed E-state index contributed by atoms with van der Waals surface area (Å²) >= 11 is 0. The molecule has 1 fully saturated rings. The Morgan fingerprint density at radius 3 is 2.65 bits per heavy atom. The van der Waals surface area contributed by atoms with Crippen LogP contribution < -0.4 is 9.64 Å². The van der Waals surface area contributed by atoms with Gasteiger partial charge in [-0.15, -0.1) is 0 Å². The van der Waals surface area contributed by atoms with Crippen molar-refractivity contribution < 1.29 is 9.47 Å². The van der Waals surface area contributed by atoms with E-state index in [9.17, 15) is 0 Å². The monoisotopic (exact) mass is 352 g/mol. The van der Waals surface area contributed by atoms with Crippen LogP contribution in [-0.4, -0.2) is 31.8 Å². The number of aromatic nitrogens is 1. The van der Waals surface area contributed by atoms with Gasteiger partial charge in [-0.3, -0.25) is 0 Å². The quantitative estimate of drug-likeness (QED) is 0.723. The minimum absolute atomic E-state index is 0.494. The molecule has 138 valence electrons. The van der Waals surface area contributed by atoms with Gasteiger partial charge in [-0.1, -0.05) is 36.4 Å². The molecular weight excluding hydrogens is 324 g/mol. The lowest BCUT2D eigenvalue weighted by Crippen LogP contribution is -2.30. The molecule has 2 aromatic rings. The van der Waals surface area contributed by atoms with Crippen LogP contribution >= 0.6 is 0 Å². The lowest BCUT2D eigenvalue weighted by Gasteiger charge is -2.27. The number of rotatable bonds is 7. The first-order valence-corrected chi connectivity index (χ1v) is 9.39. The summed E-state index contributed by atoms with van der Waals surface area (Å²) in [5.74, 6) is 1.70. The number of benzene rings is 1. The fourth-order valence-electron chi connectivity index (χ4n) is 3.37. The lowest BCUT2D eigenvalue weighted by molar-refractivity contribution is 0.239. The average Bonchev–Trinajstić information content (AvgIpc) is 2.72. The first-order valence-electron chi connectivity index (χ1n) is 9.39. The van der Waals surface area contributed by atoms with Crippen LogP contribution in [0.1, 0.15) is 37.3 Å². The number of ether oxygens (including phenoxy) is 2. The van der Waals surface area contributed by atoms with Gasteiger partial charge < -0.3 is 14.4 Å². The molecule has 26 heavy (non-hydrogen) atoms. The second-order valence-corrected chi connectivity index (χ2v) is 6.57. The van der Waals surface area contributed by atoms with Crippen molar-refractivity contribution in [3.8, 4) is 5.88 Å². The number of allylic oxidation sites excluding steroid dienone is 1. The van der Waals surface area contributed by atoms with Crippen LogP contribution in [0, 0.1) is 0 Å². The number of pyridine rings is 1. The predicted molar refractivity (Wildman–Crippen MR) is 107 cm³/mol. The van der Waals surface area contributed by atoms with Gasteiger partial charge in [0.25, 0.3) is 0 Å². The molecule has 4 nitrogen and oxygen atoms in total. The van der Waals surface area contributed by atoms with Gasteiger partial charge in [0, 0.05) is 26.3 Å². The summed E-state index contributed by atoms with van der Waals surface area (Å²) in [4.78, 5) is 7.05. The lowest BCUT2D eigenvalue weighted by atomic mass is 10.0. The molecule has 1 aliphatic heterocycles. The molecular formula is C22H28N2O2. The van der Waals surface area contributed by atoms with Gasteiger partial charge >= 0.3 is 0 Å². The van der Waals surface area contributed by atoms with Crippen LogP contribution in [0.5, 0.6) is 5.88 Å². The Morgan fingerprint density at radius 2 is 1.88 bits per heavy atom. The maximum absolute atomic E-state index is 6.03. The molecule has 0 unspecified atom stereocenters. The third-order valence-corrected chi connectivity index (χ3v) is 4.78. The van der Waals surface area contributed by atoms with E-state index >= 15 is 0 Å². The van der Waals surface area contributed by atoms with Gasteiger partial charge in [0.1, 0.15) is 12.4 Å². The Hall–Kier alpha value is -2.33. The van der Waals surface area contributed by atoms with Crippen molar-refractivity contribution in [3.05, 3.63) is 59.7 Å². The highest BCUT2D eigenvalue weighted by Gasteiger charge is 2.13. The highest BCUT2D eigenvalue weighted by atomic mass is 16.5. The van der Waals surface area contributed by atoms with E-state index < -0.39 is 0 Å². The zero-order valence-corrected chi connectivity index (χ0v) is 15.8. The Balaban J connectivity index is 1.71. The smallest absolute Gasteiger partial charge is 0.215 e. The maximum Gasteiger partial charge on any atom is 0.215 e. The third kappa shape index (κ3) is 4.64. The van der Waals surface area contributed by atoms with E-state index in [-0.39, 0.29) is 0 Å². The second-order valence-electron chi connectivity index (χ2n) is 6.57. The van der Waals surface area contributed by atoms with Crippen LogP contribution in [0.25, 0.3) is 5.57 Å². The molecule has 1 saturated heterocycles. The summed E-state index contributed by atoms with van der Waals surface area (Å²) in [6, 6.07) is 14.3. The van der Waals surface area contributed by atoms with E-state index in [1.54, 1.807) is 7.11 Å². The Morgan fingerprint density at radius 1 is 1.08 bits per heavy atom. The molecule has 3 rings (SSSR count). The summed E-state index contributed by atoms with van der Waals surface area (Å²) in [5.41, 5.74) is 3.48. The van der Waals surface area contributed by atoms with Crippen molar-refractivity contribution in [2.75, 3.05) is 31.7 Å². The van der Waals surface area contributed by atoms with Gasteiger partial charge in [0.15, 0.2) is 0 Å². The fourth-order valence-corrected chi connectivity index (χ4v) is 3.37. The molecule has 0 amide bonds.